The minimum atomic E-state index is 0.181. The molecule has 58 valence electrons. The molecule has 0 aliphatic heterocycles. The molecule has 2 rings (SSSR count). The largest absolute Gasteiger partial charge is 0.288 e. The maximum absolute atomic E-state index is 10.9. The molecule has 0 unspecified atom stereocenters. The van der Waals surface area contributed by atoms with Crippen molar-refractivity contribution >= 4 is 62.4 Å². The Morgan fingerprint density at radius 1 is 1.36 bits per heavy atom. The van der Waals surface area contributed by atoms with Crippen LogP contribution in [0.3, 0.4) is 0 Å². The van der Waals surface area contributed by atoms with Gasteiger partial charge in [0.05, 0.1) is 9.40 Å². The third kappa shape index (κ3) is 1.49. The standard InChI is InChI=1S/C5H2INOS3/c6-11-7-1-3-4(2-7)10-5(8)9-3/h1-2H. The first-order valence-electron chi connectivity index (χ1n) is 2.70. The van der Waals surface area contributed by atoms with Crippen molar-refractivity contribution in [3.8, 4) is 0 Å². The van der Waals surface area contributed by atoms with Crippen molar-refractivity contribution in [1.29, 1.82) is 0 Å². The molecule has 0 atom stereocenters. The molecular weight excluding hydrogens is 313 g/mol. The number of rotatable bonds is 1. The maximum Gasteiger partial charge on any atom is 0.288 e. The molecule has 11 heavy (non-hydrogen) atoms. The topological polar surface area (TPSA) is 22.0 Å². The molecule has 2 nitrogen and oxygen atoms in total. The third-order valence-electron chi connectivity index (χ3n) is 1.20. The van der Waals surface area contributed by atoms with Gasteiger partial charge in [0.1, 0.15) is 0 Å². The SMILES string of the molecule is O=c1sc2cn(SI)cc2s1. The van der Waals surface area contributed by atoms with E-state index in [0.717, 1.165) is 9.40 Å². The van der Waals surface area contributed by atoms with Gasteiger partial charge in [0.25, 0.3) is 4.06 Å². The van der Waals surface area contributed by atoms with E-state index in [1.54, 1.807) is 9.12 Å². The van der Waals surface area contributed by atoms with Gasteiger partial charge in [0.15, 0.2) is 0 Å². The molecular formula is C5H2INOS3. The summed E-state index contributed by atoms with van der Waals surface area (Å²) in [4.78, 5) is 10.9. The van der Waals surface area contributed by atoms with Crippen LogP contribution in [0.15, 0.2) is 17.2 Å². The zero-order valence-corrected chi connectivity index (χ0v) is 9.72. The van der Waals surface area contributed by atoms with Gasteiger partial charge in [0.2, 0.25) is 0 Å². The summed E-state index contributed by atoms with van der Waals surface area (Å²) in [7, 11) is 1.60. The molecule has 0 saturated heterocycles. The van der Waals surface area contributed by atoms with Crippen molar-refractivity contribution in [2.75, 3.05) is 0 Å². The van der Waals surface area contributed by atoms with Gasteiger partial charge in [0, 0.05) is 42.7 Å². The van der Waals surface area contributed by atoms with Crippen molar-refractivity contribution in [1.82, 2.24) is 3.97 Å². The lowest BCUT2D eigenvalue weighted by atomic mass is 10.7. The van der Waals surface area contributed by atoms with Crippen molar-refractivity contribution in [3.05, 3.63) is 21.2 Å². The lowest BCUT2D eigenvalue weighted by Crippen LogP contribution is -1.76. The van der Waals surface area contributed by atoms with Crippen LogP contribution in [0.2, 0.25) is 0 Å². The first-order valence-corrected chi connectivity index (χ1v) is 7.65. The quantitative estimate of drug-likeness (QED) is 0.755. The summed E-state index contributed by atoms with van der Waals surface area (Å²) in [5.74, 6) is 0. The van der Waals surface area contributed by atoms with Gasteiger partial charge >= 0.3 is 0 Å². The molecule has 0 spiro atoms. The van der Waals surface area contributed by atoms with Crippen LogP contribution in [0.4, 0.5) is 0 Å². The van der Waals surface area contributed by atoms with Crippen molar-refractivity contribution in [2.24, 2.45) is 0 Å². The summed E-state index contributed by atoms with van der Waals surface area (Å²) in [6.45, 7) is 0. The van der Waals surface area contributed by atoms with Gasteiger partial charge in [-0.05, 0) is 0 Å². The highest BCUT2D eigenvalue weighted by Gasteiger charge is 2.02. The van der Waals surface area contributed by atoms with E-state index in [4.69, 9.17) is 0 Å². The van der Waals surface area contributed by atoms with E-state index >= 15 is 0 Å². The second kappa shape index (κ2) is 3.08. The predicted molar refractivity (Wildman–Crippen MR) is 61.0 cm³/mol. The average molecular weight is 315 g/mol. The smallest absolute Gasteiger partial charge is 0.287 e. The molecule has 0 radical (unpaired) electrons. The van der Waals surface area contributed by atoms with E-state index in [9.17, 15) is 4.79 Å². The molecule has 6 heteroatoms. The van der Waals surface area contributed by atoms with E-state index in [1.807, 2.05) is 16.4 Å². The third-order valence-corrected chi connectivity index (χ3v) is 4.99. The Hall–Kier alpha value is 0.470. The zero-order chi connectivity index (χ0) is 7.84. The van der Waals surface area contributed by atoms with Crippen LogP contribution in [-0.2, 0) is 0 Å². The summed E-state index contributed by atoms with van der Waals surface area (Å²) in [6.07, 6.45) is 3.96. The molecule has 0 aromatic carbocycles. The number of hydrogen-bond donors (Lipinski definition) is 0. The Morgan fingerprint density at radius 2 is 1.91 bits per heavy atom. The molecule has 0 amide bonds. The number of nitrogens with zero attached hydrogens (tertiary/aromatic N) is 1. The summed E-state index contributed by atoms with van der Waals surface area (Å²) >= 11 is 4.83. The Kier molecular flexibility index (Phi) is 2.26. The first-order chi connectivity index (χ1) is 5.29. The fourth-order valence-corrected chi connectivity index (χ4v) is 3.85. The van der Waals surface area contributed by atoms with Crippen LogP contribution in [0.1, 0.15) is 0 Å². The molecule has 2 heterocycles. The van der Waals surface area contributed by atoms with Crippen LogP contribution in [0.5, 0.6) is 0 Å². The minimum absolute atomic E-state index is 0.181. The fraction of sp³-hybridized carbons (Fsp3) is 0. The van der Waals surface area contributed by atoms with Crippen LogP contribution in [-0.4, -0.2) is 3.97 Å². The van der Waals surface area contributed by atoms with Gasteiger partial charge in [-0.3, -0.25) is 8.77 Å². The molecule has 0 N–H and O–H groups in total. The first kappa shape index (κ1) is 8.09. The van der Waals surface area contributed by atoms with E-state index in [0.29, 0.717) is 0 Å². The summed E-state index contributed by atoms with van der Waals surface area (Å²) < 4.78 is 4.35. The highest BCUT2D eigenvalue weighted by atomic mass is 127. The number of aromatic nitrogens is 1. The van der Waals surface area contributed by atoms with Crippen molar-refractivity contribution < 1.29 is 0 Å². The molecule has 0 fully saturated rings. The van der Waals surface area contributed by atoms with Gasteiger partial charge in [-0.15, -0.1) is 0 Å². The van der Waals surface area contributed by atoms with E-state index in [-0.39, 0.29) is 4.06 Å². The van der Waals surface area contributed by atoms with Crippen LogP contribution >= 0.6 is 53.0 Å². The number of fused-ring (bicyclic) bond motifs is 1. The summed E-state index contributed by atoms with van der Waals surface area (Å²) in [6, 6.07) is 0. The highest BCUT2D eigenvalue weighted by Crippen LogP contribution is 2.26. The van der Waals surface area contributed by atoms with Crippen LogP contribution < -0.4 is 4.06 Å². The van der Waals surface area contributed by atoms with Gasteiger partial charge in [-0.1, -0.05) is 22.7 Å². The van der Waals surface area contributed by atoms with E-state index in [1.165, 1.54) is 22.7 Å². The van der Waals surface area contributed by atoms with E-state index < -0.39 is 0 Å². The average Bonchev–Trinajstić information content (AvgIpc) is 2.43. The normalized spacial score (nSPS) is 11.0. The predicted octanol–water partition coefficient (Wildman–Crippen LogP) is 2.97. The second-order valence-electron chi connectivity index (χ2n) is 1.87. The maximum atomic E-state index is 10.9. The van der Waals surface area contributed by atoms with Crippen molar-refractivity contribution in [3.63, 3.8) is 0 Å². The Labute approximate surface area is 87.0 Å². The monoisotopic (exact) mass is 315 g/mol. The zero-order valence-electron chi connectivity index (χ0n) is 5.11. The fourth-order valence-electron chi connectivity index (χ4n) is 0.789. The van der Waals surface area contributed by atoms with Crippen molar-refractivity contribution in [2.45, 2.75) is 0 Å². The lowest BCUT2D eigenvalue weighted by molar-refractivity contribution is 1.32. The summed E-state index contributed by atoms with van der Waals surface area (Å²) in [5, 5.41) is 0. The van der Waals surface area contributed by atoms with Gasteiger partial charge in [-0.2, -0.15) is 0 Å². The van der Waals surface area contributed by atoms with Gasteiger partial charge in [-0.25, -0.2) is 0 Å². The molecule has 2 aromatic rings. The second-order valence-corrected chi connectivity index (χ2v) is 5.90. The van der Waals surface area contributed by atoms with Gasteiger partial charge < -0.3 is 0 Å². The molecule has 0 aliphatic rings. The molecule has 2 aromatic heterocycles. The molecule has 0 saturated carbocycles. The van der Waals surface area contributed by atoms with E-state index in [2.05, 4.69) is 21.2 Å². The minimum Gasteiger partial charge on any atom is -0.287 e. The number of hydrogen-bond acceptors (Lipinski definition) is 4. The van der Waals surface area contributed by atoms with Crippen LogP contribution in [0.25, 0.3) is 9.40 Å². The summed E-state index contributed by atoms with van der Waals surface area (Å²) in [5.41, 5.74) is 0. The Balaban J connectivity index is 2.73. The Bertz CT molecular complexity index is 394. The number of halogens is 1. The van der Waals surface area contributed by atoms with Crippen LogP contribution in [0, 0.1) is 0 Å². The molecule has 0 aliphatic carbocycles. The molecule has 0 bridgehead atoms. The highest BCUT2D eigenvalue weighted by molar-refractivity contribution is 14.2. The Morgan fingerprint density at radius 3 is 2.36 bits per heavy atom. The lowest BCUT2D eigenvalue weighted by Gasteiger charge is -1.86.